The molecule has 1 saturated heterocycles. The van der Waals surface area contributed by atoms with Crippen LogP contribution in [0.1, 0.15) is 34.1 Å². The van der Waals surface area contributed by atoms with Gasteiger partial charge in [0.15, 0.2) is 0 Å². The zero-order chi connectivity index (χ0) is 18.6. The second-order valence-electron chi connectivity index (χ2n) is 7.31. The van der Waals surface area contributed by atoms with E-state index in [0.29, 0.717) is 0 Å². The maximum atomic E-state index is 13.2. The number of para-hydroxylation sites is 1. The minimum Gasteiger partial charge on any atom is -0.379 e. The topological polar surface area (TPSA) is 44.8 Å². The molecule has 1 amide bonds. The van der Waals surface area contributed by atoms with Crippen LogP contribution in [0.25, 0.3) is 0 Å². The van der Waals surface area contributed by atoms with E-state index in [0.717, 1.165) is 62.6 Å². The van der Waals surface area contributed by atoms with Crippen molar-refractivity contribution in [3.63, 3.8) is 0 Å². The molecule has 2 heterocycles. The van der Waals surface area contributed by atoms with Crippen LogP contribution in [-0.4, -0.2) is 55.1 Å². The molecule has 2 aromatic carbocycles. The first kappa shape index (κ1) is 18.0. The monoisotopic (exact) mass is 365 g/mol. The van der Waals surface area contributed by atoms with Gasteiger partial charge in [-0.15, -0.1) is 0 Å². The third-order valence-corrected chi connectivity index (χ3v) is 5.39. The van der Waals surface area contributed by atoms with Gasteiger partial charge in [0.1, 0.15) is 6.17 Å². The Balaban J connectivity index is 1.53. The third-order valence-electron chi connectivity index (χ3n) is 5.39. The largest absolute Gasteiger partial charge is 0.379 e. The van der Waals surface area contributed by atoms with E-state index in [1.807, 2.05) is 29.2 Å². The number of carbonyl (C=O) groups excluding carboxylic acids is 1. The summed E-state index contributed by atoms with van der Waals surface area (Å²) in [4.78, 5) is 17.6. The van der Waals surface area contributed by atoms with Gasteiger partial charge in [-0.05, 0) is 31.0 Å². The summed E-state index contributed by atoms with van der Waals surface area (Å²) in [6.45, 7) is 7.39. The van der Waals surface area contributed by atoms with E-state index in [1.54, 1.807) is 0 Å². The minimum absolute atomic E-state index is 0.108. The third kappa shape index (κ3) is 3.99. The molecule has 2 aliphatic heterocycles. The molecule has 0 saturated carbocycles. The van der Waals surface area contributed by atoms with Crippen molar-refractivity contribution in [2.24, 2.45) is 0 Å². The zero-order valence-corrected chi connectivity index (χ0v) is 15.9. The van der Waals surface area contributed by atoms with Crippen molar-refractivity contribution in [2.75, 3.05) is 44.7 Å². The summed E-state index contributed by atoms with van der Waals surface area (Å²) in [7, 11) is 0. The van der Waals surface area contributed by atoms with Crippen LogP contribution in [0.15, 0.2) is 48.5 Å². The lowest BCUT2D eigenvalue weighted by atomic mass is 10.0. The number of nitrogens with one attached hydrogen (secondary N) is 1. The highest BCUT2D eigenvalue weighted by Gasteiger charge is 2.32. The molecule has 1 fully saturated rings. The maximum absolute atomic E-state index is 13.2. The SMILES string of the molecule is Cc1ccc([C@@H]2Nc3ccccc3C(=O)N2CCCN2CCOCC2)cc1. The van der Waals surface area contributed by atoms with E-state index in [1.165, 1.54) is 5.56 Å². The van der Waals surface area contributed by atoms with Gasteiger partial charge >= 0.3 is 0 Å². The van der Waals surface area contributed by atoms with Crippen LogP contribution >= 0.6 is 0 Å². The van der Waals surface area contributed by atoms with Gasteiger partial charge in [-0.3, -0.25) is 9.69 Å². The first-order chi connectivity index (χ1) is 13.2. The molecule has 5 nitrogen and oxygen atoms in total. The van der Waals surface area contributed by atoms with E-state index < -0.39 is 0 Å². The summed E-state index contributed by atoms with van der Waals surface area (Å²) < 4.78 is 5.42. The second kappa shape index (κ2) is 8.11. The highest BCUT2D eigenvalue weighted by atomic mass is 16.5. The standard InChI is InChI=1S/C22H27N3O2/c1-17-7-9-18(10-8-17)21-23-20-6-3-2-5-19(20)22(26)25(21)12-4-11-24-13-15-27-16-14-24/h2-3,5-10,21,23H,4,11-16H2,1H3/t21-/m1/s1. The van der Waals surface area contributed by atoms with Gasteiger partial charge in [0, 0.05) is 31.9 Å². The summed E-state index contributed by atoms with van der Waals surface area (Å²) in [6, 6.07) is 16.2. The van der Waals surface area contributed by atoms with E-state index in [-0.39, 0.29) is 12.1 Å². The Morgan fingerprint density at radius 3 is 2.56 bits per heavy atom. The van der Waals surface area contributed by atoms with Crippen molar-refractivity contribution in [1.29, 1.82) is 0 Å². The van der Waals surface area contributed by atoms with Gasteiger partial charge in [-0.25, -0.2) is 0 Å². The summed E-state index contributed by atoms with van der Waals surface area (Å²) in [5.41, 5.74) is 4.01. The molecule has 4 rings (SSSR count). The molecular weight excluding hydrogens is 338 g/mol. The minimum atomic E-state index is -0.127. The zero-order valence-electron chi connectivity index (χ0n) is 15.9. The van der Waals surface area contributed by atoms with Crippen LogP contribution in [-0.2, 0) is 4.74 Å². The highest BCUT2D eigenvalue weighted by Crippen LogP contribution is 2.33. The Labute approximate surface area is 160 Å². The van der Waals surface area contributed by atoms with Gasteiger partial charge in [-0.1, -0.05) is 42.0 Å². The predicted octanol–water partition coefficient (Wildman–Crippen LogP) is 3.28. The number of hydrogen-bond acceptors (Lipinski definition) is 4. The summed E-state index contributed by atoms with van der Waals surface area (Å²) in [5.74, 6) is 0.108. The van der Waals surface area contributed by atoms with E-state index in [4.69, 9.17) is 4.74 Å². The van der Waals surface area contributed by atoms with Crippen LogP contribution < -0.4 is 5.32 Å². The normalized spacial score (nSPS) is 20.3. The number of anilines is 1. The van der Waals surface area contributed by atoms with Crippen molar-refractivity contribution >= 4 is 11.6 Å². The van der Waals surface area contributed by atoms with Crippen molar-refractivity contribution < 1.29 is 9.53 Å². The van der Waals surface area contributed by atoms with Crippen LogP contribution in [0, 0.1) is 6.92 Å². The number of rotatable bonds is 5. The number of nitrogens with zero attached hydrogens (tertiary/aromatic N) is 2. The summed E-state index contributed by atoms with van der Waals surface area (Å²) >= 11 is 0. The number of aryl methyl sites for hydroxylation is 1. The van der Waals surface area contributed by atoms with Crippen molar-refractivity contribution in [3.8, 4) is 0 Å². The summed E-state index contributed by atoms with van der Waals surface area (Å²) in [6.07, 6.45) is 0.829. The molecule has 0 unspecified atom stereocenters. The first-order valence-corrected chi connectivity index (χ1v) is 9.75. The Morgan fingerprint density at radius 1 is 1.04 bits per heavy atom. The second-order valence-corrected chi connectivity index (χ2v) is 7.31. The number of ether oxygens (including phenoxy) is 1. The Bertz CT molecular complexity index is 784. The van der Waals surface area contributed by atoms with Gasteiger partial charge < -0.3 is 15.0 Å². The number of morpholine rings is 1. The van der Waals surface area contributed by atoms with Gasteiger partial charge in [0.25, 0.3) is 5.91 Å². The Kier molecular flexibility index (Phi) is 5.41. The van der Waals surface area contributed by atoms with Crippen molar-refractivity contribution in [3.05, 3.63) is 65.2 Å². The van der Waals surface area contributed by atoms with E-state index in [2.05, 4.69) is 41.4 Å². The number of carbonyl (C=O) groups is 1. The average Bonchev–Trinajstić information content (AvgIpc) is 2.71. The number of fused-ring (bicyclic) bond motifs is 1. The lowest BCUT2D eigenvalue weighted by Gasteiger charge is -2.38. The molecule has 0 spiro atoms. The van der Waals surface area contributed by atoms with Gasteiger partial charge in [0.05, 0.1) is 18.8 Å². The van der Waals surface area contributed by atoms with Crippen LogP contribution in [0.4, 0.5) is 5.69 Å². The fourth-order valence-electron chi connectivity index (χ4n) is 3.82. The lowest BCUT2D eigenvalue weighted by molar-refractivity contribution is 0.0348. The molecule has 0 aliphatic carbocycles. The van der Waals surface area contributed by atoms with Crippen molar-refractivity contribution in [1.82, 2.24) is 9.80 Å². The molecule has 2 aliphatic rings. The fourth-order valence-corrected chi connectivity index (χ4v) is 3.82. The van der Waals surface area contributed by atoms with E-state index in [9.17, 15) is 4.79 Å². The van der Waals surface area contributed by atoms with Crippen LogP contribution in [0.3, 0.4) is 0 Å². The molecule has 0 aromatic heterocycles. The fraction of sp³-hybridized carbons (Fsp3) is 0.409. The molecule has 142 valence electrons. The average molecular weight is 365 g/mol. The Hall–Kier alpha value is -2.37. The molecule has 2 aromatic rings. The van der Waals surface area contributed by atoms with Gasteiger partial charge in [0.2, 0.25) is 0 Å². The molecule has 0 radical (unpaired) electrons. The molecule has 0 bridgehead atoms. The Morgan fingerprint density at radius 2 is 1.78 bits per heavy atom. The number of amides is 1. The van der Waals surface area contributed by atoms with Crippen molar-refractivity contribution in [2.45, 2.75) is 19.5 Å². The number of benzene rings is 2. The quantitative estimate of drug-likeness (QED) is 0.883. The first-order valence-electron chi connectivity index (χ1n) is 9.75. The van der Waals surface area contributed by atoms with Crippen LogP contribution in [0.2, 0.25) is 0 Å². The predicted molar refractivity (Wildman–Crippen MR) is 107 cm³/mol. The van der Waals surface area contributed by atoms with Crippen LogP contribution in [0.5, 0.6) is 0 Å². The maximum Gasteiger partial charge on any atom is 0.257 e. The smallest absolute Gasteiger partial charge is 0.257 e. The van der Waals surface area contributed by atoms with Gasteiger partial charge in [-0.2, -0.15) is 0 Å². The highest BCUT2D eigenvalue weighted by molar-refractivity contribution is 6.01. The molecule has 5 heteroatoms. The number of hydrogen-bond donors (Lipinski definition) is 1. The summed E-state index contributed by atoms with van der Waals surface area (Å²) in [5, 5.41) is 3.57. The molecular formula is C22H27N3O2. The molecule has 1 atom stereocenters. The van der Waals surface area contributed by atoms with E-state index >= 15 is 0 Å². The molecule has 1 N–H and O–H groups in total. The molecule has 27 heavy (non-hydrogen) atoms. The lowest BCUT2D eigenvalue weighted by Crippen LogP contribution is -2.44.